The number of aliphatic hydroxyl groups is 8. The third kappa shape index (κ3) is 4.22. The Kier molecular flexibility index (Phi) is 7.41. The van der Waals surface area contributed by atoms with E-state index in [2.05, 4.69) is 0 Å². The van der Waals surface area contributed by atoms with Crippen molar-refractivity contribution in [2.75, 3.05) is 13.2 Å². The molecule has 0 radical (unpaired) electrons. The minimum Gasteiger partial charge on any atom is -0.394 e. The SMILES string of the molecule is N[C@@H](C(=O)C1O[C@H](CO)[C@@H](O)[C@H](O)[C@H]1O)[C@@H](O)[C@H](O)[C@H](O)CO. The van der Waals surface area contributed by atoms with Crippen LogP contribution in [-0.4, -0.2) is 115 Å². The van der Waals surface area contributed by atoms with Gasteiger partial charge in [0.25, 0.3) is 0 Å². The van der Waals surface area contributed by atoms with Crippen LogP contribution in [0.5, 0.6) is 0 Å². The van der Waals surface area contributed by atoms with Crippen molar-refractivity contribution < 1.29 is 50.4 Å². The van der Waals surface area contributed by atoms with Gasteiger partial charge in [-0.25, -0.2) is 0 Å². The maximum atomic E-state index is 12.2. The minimum atomic E-state index is -1.99. The third-order valence-electron chi connectivity index (χ3n) is 3.80. The van der Waals surface area contributed by atoms with Gasteiger partial charge in [-0.05, 0) is 0 Å². The molecule has 0 aliphatic carbocycles. The highest BCUT2D eigenvalue weighted by Gasteiger charge is 2.48. The van der Waals surface area contributed by atoms with Crippen molar-refractivity contribution >= 4 is 5.78 Å². The van der Waals surface area contributed by atoms with Crippen molar-refractivity contribution in [1.29, 1.82) is 0 Å². The summed E-state index contributed by atoms with van der Waals surface area (Å²) in [6.45, 7) is -1.64. The average Bonchev–Trinajstić information content (AvgIpc) is 2.56. The quantitative estimate of drug-likeness (QED) is 0.212. The Hall–Kier alpha value is -0.730. The zero-order valence-electron chi connectivity index (χ0n) is 12.1. The summed E-state index contributed by atoms with van der Waals surface area (Å²) in [5, 5.41) is 75.3. The van der Waals surface area contributed by atoms with E-state index in [0.717, 1.165) is 0 Å². The molecule has 0 bridgehead atoms. The molecule has 0 aromatic carbocycles. The van der Waals surface area contributed by atoms with Gasteiger partial charge in [0.15, 0.2) is 5.78 Å². The summed E-state index contributed by atoms with van der Waals surface area (Å²) >= 11 is 0. The second-order valence-electron chi connectivity index (χ2n) is 5.41. The first-order chi connectivity index (χ1) is 10.7. The number of carbonyl (C=O) groups excluding carboxylic acids is 1. The monoisotopic (exact) mass is 341 g/mol. The predicted octanol–water partition coefficient (Wildman–Crippen LogP) is -6.20. The number of carbonyl (C=O) groups is 1. The normalized spacial score (nSPS) is 37.0. The molecular formula is C12H23NO10. The molecule has 1 aliphatic heterocycles. The van der Waals surface area contributed by atoms with Gasteiger partial charge < -0.3 is 51.3 Å². The van der Waals surface area contributed by atoms with Crippen LogP contribution >= 0.6 is 0 Å². The van der Waals surface area contributed by atoms with E-state index in [4.69, 9.17) is 20.7 Å². The van der Waals surface area contributed by atoms with Crippen LogP contribution in [0.25, 0.3) is 0 Å². The van der Waals surface area contributed by atoms with Gasteiger partial charge in [-0.15, -0.1) is 0 Å². The smallest absolute Gasteiger partial charge is 0.183 e. The van der Waals surface area contributed by atoms with E-state index < -0.39 is 73.9 Å². The molecule has 136 valence electrons. The van der Waals surface area contributed by atoms with Crippen molar-refractivity contribution in [2.24, 2.45) is 5.73 Å². The summed E-state index contributed by atoms with van der Waals surface area (Å²) < 4.78 is 4.99. The zero-order valence-corrected chi connectivity index (χ0v) is 12.1. The highest BCUT2D eigenvalue weighted by molar-refractivity contribution is 5.89. The lowest BCUT2D eigenvalue weighted by molar-refractivity contribution is -0.227. The molecule has 0 aromatic rings. The van der Waals surface area contributed by atoms with Crippen LogP contribution in [0.3, 0.4) is 0 Å². The van der Waals surface area contributed by atoms with Gasteiger partial charge in [0.05, 0.1) is 19.3 Å². The summed E-state index contributed by atoms with van der Waals surface area (Å²) in [4.78, 5) is 12.2. The Balaban J connectivity index is 2.85. The third-order valence-corrected chi connectivity index (χ3v) is 3.80. The van der Waals surface area contributed by atoms with Crippen molar-refractivity contribution in [3.05, 3.63) is 0 Å². The topological polar surface area (TPSA) is 214 Å². The Morgan fingerprint density at radius 3 is 2.04 bits per heavy atom. The van der Waals surface area contributed by atoms with E-state index in [9.17, 15) is 35.4 Å². The van der Waals surface area contributed by atoms with Crippen molar-refractivity contribution in [3.8, 4) is 0 Å². The Bertz CT molecular complexity index is 394. The van der Waals surface area contributed by atoms with Gasteiger partial charge in [-0.2, -0.15) is 0 Å². The summed E-state index contributed by atoms with van der Waals surface area (Å²) in [5.74, 6) is -1.13. The van der Waals surface area contributed by atoms with E-state index in [-0.39, 0.29) is 0 Å². The van der Waals surface area contributed by atoms with Gasteiger partial charge in [0, 0.05) is 0 Å². The fraction of sp³-hybridized carbons (Fsp3) is 0.917. The molecule has 9 atom stereocenters. The van der Waals surface area contributed by atoms with Gasteiger partial charge in [-0.1, -0.05) is 0 Å². The highest BCUT2D eigenvalue weighted by atomic mass is 16.5. The number of hydrogen-bond donors (Lipinski definition) is 9. The molecule has 23 heavy (non-hydrogen) atoms. The molecule has 0 aromatic heterocycles. The number of Topliss-reactive ketones (excluding diaryl/α,β-unsaturated/α-hetero) is 1. The first-order valence-corrected chi connectivity index (χ1v) is 6.92. The van der Waals surface area contributed by atoms with Crippen molar-refractivity contribution in [2.45, 2.75) is 54.9 Å². The molecule has 11 heteroatoms. The van der Waals surface area contributed by atoms with Gasteiger partial charge >= 0.3 is 0 Å². The van der Waals surface area contributed by atoms with Crippen LogP contribution < -0.4 is 5.73 Å². The molecule has 1 fully saturated rings. The average molecular weight is 341 g/mol. The lowest BCUT2D eigenvalue weighted by Crippen LogP contribution is -2.64. The van der Waals surface area contributed by atoms with Crippen LogP contribution in [0, 0.1) is 0 Å². The molecule has 0 saturated carbocycles. The van der Waals surface area contributed by atoms with E-state index in [1.54, 1.807) is 0 Å². The molecule has 1 heterocycles. The fourth-order valence-electron chi connectivity index (χ4n) is 2.24. The van der Waals surface area contributed by atoms with Gasteiger partial charge in [-0.3, -0.25) is 4.79 Å². The van der Waals surface area contributed by atoms with E-state index in [0.29, 0.717) is 0 Å². The number of hydrogen-bond acceptors (Lipinski definition) is 11. The number of ketones is 1. The Morgan fingerprint density at radius 2 is 1.57 bits per heavy atom. The Morgan fingerprint density at radius 1 is 1.00 bits per heavy atom. The van der Waals surface area contributed by atoms with Crippen LogP contribution in [0.1, 0.15) is 0 Å². The molecule has 0 spiro atoms. The van der Waals surface area contributed by atoms with E-state index in [1.165, 1.54) is 0 Å². The lowest BCUT2D eigenvalue weighted by atomic mass is 9.88. The maximum Gasteiger partial charge on any atom is 0.183 e. The van der Waals surface area contributed by atoms with Crippen LogP contribution in [0.4, 0.5) is 0 Å². The summed E-state index contributed by atoms with van der Waals surface area (Å²) in [6.07, 6.45) is -14.1. The number of aliphatic hydroxyl groups excluding tert-OH is 8. The van der Waals surface area contributed by atoms with E-state index in [1.807, 2.05) is 0 Å². The standard InChI is InChI=1S/C12H23NO10/c13-5(8(19)6(17)3(16)1-14)9(20)12-11(22)10(21)7(18)4(2-15)23-12/h3-8,10-12,14-19,21-22H,1-2,13H2/t3-,4-,5-,6-,7-,8-,10+,11-,12?/m1/s1. The van der Waals surface area contributed by atoms with Crippen LogP contribution in [-0.2, 0) is 9.53 Å². The van der Waals surface area contributed by atoms with Crippen LogP contribution in [0.15, 0.2) is 0 Å². The summed E-state index contributed by atoms with van der Waals surface area (Å²) in [5.41, 5.74) is 5.46. The predicted molar refractivity (Wildman–Crippen MR) is 71.9 cm³/mol. The highest BCUT2D eigenvalue weighted by Crippen LogP contribution is 2.23. The largest absolute Gasteiger partial charge is 0.394 e. The molecule has 1 saturated heterocycles. The number of ether oxygens (including phenoxy) is 1. The maximum absolute atomic E-state index is 12.2. The molecule has 10 N–H and O–H groups in total. The molecule has 0 amide bonds. The molecule has 1 unspecified atom stereocenters. The first-order valence-electron chi connectivity index (χ1n) is 6.92. The fourth-order valence-corrected chi connectivity index (χ4v) is 2.24. The van der Waals surface area contributed by atoms with Crippen molar-refractivity contribution in [1.82, 2.24) is 0 Å². The van der Waals surface area contributed by atoms with E-state index >= 15 is 0 Å². The molecular weight excluding hydrogens is 318 g/mol. The van der Waals surface area contributed by atoms with Gasteiger partial charge in [0.2, 0.25) is 0 Å². The number of rotatable bonds is 7. The molecule has 1 rings (SSSR count). The first kappa shape index (κ1) is 20.3. The molecule has 11 nitrogen and oxygen atoms in total. The Labute approximate surface area is 131 Å². The van der Waals surface area contributed by atoms with Crippen LogP contribution in [0.2, 0.25) is 0 Å². The molecule has 1 aliphatic rings. The lowest BCUT2D eigenvalue weighted by Gasteiger charge is -2.40. The minimum absolute atomic E-state index is 0.752. The van der Waals surface area contributed by atoms with Crippen molar-refractivity contribution in [3.63, 3.8) is 0 Å². The second kappa shape index (κ2) is 8.39. The number of nitrogens with two attached hydrogens (primary N) is 1. The second-order valence-corrected chi connectivity index (χ2v) is 5.41. The summed E-state index contributed by atoms with van der Waals surface area (Å²) in [7, 11) is 0. The zero-order chi connectivity index (χ0) is 17.9. The summed E-state index contributed by atoms with van der Waals surface area (Å²) in [6, 6.07) is -1.83. The van der Waals surface area contributed by atoms with Gasteiger partial charge in [0.1, 0.15) is 48.8 Å².